The number of phenolic OH excluding ortho intramolecular Hbond substituents is 1. The van der Waals surface area contributed by atoms with E-state index in [0.29, 0.717) is 23.3 Å². The van der Waals surface area contributed by atoms with E-state index >= 15 is 0 Å². The topological polar surface area (TPSA) is 84.1 Å². The van der Waals surface area contributed by atoms with Crippen LogP contribution in [0.15, 0.2) is 35.1 Å². The molecule has 0 aliphatic rings. The van der Waals surface area contributed by atoms with Gasteiger partial charge in [-0.25, -0.2) is 9.97 Å². The molecular formula is C12H9ClN4O2. The number of halogens is 1. The van der Waals surface area contributed by atoms with Gasteiger partial charge in [-0.2, -0.15) is 0 Å². The van der Waals surface area contributed by atoms with Gasteiger partial charge in [0.25, 0.3) is 0 Å². The van der Waals surface area contributed by atoms with E-state index in [9.17, 15) is 5.11 Å². The molecule has 0 bridgehead atoms. The minimum absolute atomic E-state index is 0.0614. The van der Waals surface area contributed by atoms with Crippen molar-refractivity contribution < 1.29 is 9.63 Å². The molecule has 3 aromatic rings. The van der Waals surface area contributed by atoms with E-state index in [-0.39, 0.29) is 11.0 Å². The van der Waals surface area contributed by atoms with Crippen LogP contribution >= 0.6 is 11.6 Å². The zero-order chi connectivity index (χ0) is 13.2. The molecule has 3 rings (SSSR count). The lowest BCUT2D eigenvalue weighted by Gasteiger charge is -2.08. The molecule has 0 spiro atoms. The third kappa shape index (κ3) is 2.30. The van der Waals surface area contributed by atoms with Crippen LogP contribution in [0.25, 0.3) is 10.9 Å². The zero-order valence-corrected chi connectivity index (χ0v) is 10.4. The Morgan fingerprint density at radius 1 is 1.26 bits per heavy atom. The molecule has 7 heteroatoms. The Morgan fingerprint density at radius 2 is 2.16 bits per heavy atom. The highest BCUT2D eigenvalue weighted by atomic mass is 35.5. The fourth-order valence-corrected chi connectivity index (χ4v) is 1.92. The van der Waals surface area contributed by atoms with Crippen LogP contribution in [-0.4, -0.2) is 20.2 Å². The van der Waals surface area contributed by atoms with Crippen LogP contribution in [-0.2, 0) is 6.54 Å². The van der Waals surface area contributed by atoms with Crippen molar-refractivity contribution in [3.8, 4) is 5.75 Å². The van der Waals surface area contributed by atoms with Gasteiger partial charge < -0.3 is 14.9 Å². The van der Waals surface area contributed by atoms with Crippen LogP contribution in [0.2, 0.25) is 5.28 Å². The van der Waals surface area contributed by atoms with Crippen LogP contribution in [0.3, 0.4) is 0 Å². The van der Waals surface area contributed by atoms with Gasteiger partial charge in [0, 0.05) is 11.5 Å². The van der Waals surface area contributed by atoms with Gasteiger partial charge >= 0.3 is 0 Å². The number of anilines is 1. The van der Waals surface area contributed by atoms with Gasteiger partial charge in [-0.3, -0.25) is 0 Å². The second-order valence-corrected chi connectivity index (χ2v) is 4.20. The molecule has 1 aromatic carbocycles. The minimum Gasteiger partial charge on any atom is -0.506 e. The quantitative estimate of drug-likeness (QED) is 0.715. The molecule has 0 radical (unpaired) electrons. The van der Waals surface area contributed by atoms with Crippen molar-refractivity contribution in [2.75, 3.05) is 5.32 Å². The molecule has 2 N–H and O–H groups in total. The average Bonchev–Trinajstić information content (AvgIpc) is 2.90. The van der Waals surface area contributed by atoms with E-state index < -0.39 is 0 Å². The first-order chi connectivity index (χ1) is 9.24. The second-order valence-electron chi connectivity index (χ2n) is 3.86. The number of aromatic hydroxyl groups is 1. The predicted molar refractivity (Wildman–Crippen MR) is 70.0 cm³/mol. The number of nitrogens with zero attached hydrogens (tertiary/aromatic N) is 3. The van der Waals surface area contributed by atoms with Crippen molar-refractivity contribution in [2.45, 2.75) is 6.54 Å². The Morgan fingerprint density at radius 3 is 2.95 bits per heavy atom. The Balaban J connectivity index is 2.00. The summed E-state index contributed by atoms with van der Waals surface area (Å²) in [5, 5.41) is 17.4. The van der Waals surface area contributed by atoms with Gasteiger partial charge in [0.15, 0.2) is 0 Å². The number of phenols is 1. The number of aromatic nitrogens is 3. The molecule has 0 aliphatic carbocycles. The molecule has 0 aliphatic heterocycles. The molecule has 19 heavy (non-hydrogen) atoms. The van der Waals surface area contributed by atoms with E-state index in [0.717, 1.165) is 5.69 Å². The number of hydrogen-bond donors (Lipinski definition) is 2. The standard InChI is InChI=1S/C12H9ClN4O2/c13-12-15-10-8(2-1-3-9(10)18)11(16-12)14-6-7-4-5-19-17-7/h1-5,18H,6H2,(H,14,15,16). The van der Waals surface area contributed by atoms with Gasteiger partial charge in [0.1, 0.15) is 29.0 Å². The highest BCUT2D eigenvalue weighted by molar-refractivity contribution is 6.28. The predicted octanol–water partition coefficient (Wildman–Crippen LogP) is 2.59. The molecule has 0 fully saturated rings. The molecule has 0 saturated carbocycles. The lowest BCUT2D eigenvalue weighted by molar-refractivity contribution is 0.412. The fraction of sp³-hybridized carbons (Fsp3) is 0.0833. The first-order valence-corrected chi connectivity index (χ1v) is 5.90. The molecule has 96 valence electrons. The van der Waals surface area contributed by atoms with Crippen molar-refractivity contribution in [2.24, 2.45) is 0 Å². The fourth-order valence-electron chi connectivity index (χ4n) is 1.75. The van der Waals surface area contributed by atoms with Crippen LogP contribution in [0.1, 0.15) is 5.69 Å². The van der Waals surface area contributed by atoms with E-state index in [4.69, 9.17) is 16.1 Å². The van der Waals surface area contributed by atoms with Crippen LogP contribution in [0, 0.1) is 0 Å². The number of benzene rings is 1. The maximum absolute atomic E-state index is 9.77. The lowest BCUT2D eigenvalue weighted by atomic mass is 10.2. The third-order valence-corrected chi connectivity index (χ3v) is 2.78. The number of nitrogens with one attached hydrogen (secondary N) is 1. The van der Waals surface area contributed by atoms with Crippen LogP contribution in [0.4, 0.5) is 5.82 Å². The third-order valence-electron chi connectivity index (χ3n) is 2.61. The minimum atomic E-state index is 0.0614. The van der Waals surface area contributed by atoms with E-state index in [2.05, 4.69) is 20.4 Å². The lowest BCUT2D eigenvalue weighted by Crippen LogP contribution is -2.03. The number of hydrogen-bond acceptors (Lipinski definition) is 6. The van der Waals surface area contributed by atoms with Crippen molar-refractivity contribution in [3.63, 3.8) is 0 Å². The second kappa shape index (κ2) is 4.74. The van der Waals surface area contributed by atoms with Gasteiger partial charge in [-0.15, -0.1) is 0 Å². The summed E-state index contributed by atoms with van der Waals surface area (Å²) < 4.78 is 4.74. The van der Waals surface area contributed by atoms with Crippen molar-refractivity contribution in [1.29, 1.82) is 0 Å². The maximum atomic E-state index is 9.77. The van der Waals surface area contributed by atoms with E-state index in [1.54, 1.807) is 24.3 Å². The maximum Gasteiger partial charge on any atom is 0.225 e. The summed E-state index contributed by atoms with van der Waals surface area (Å²) in [6, 6.07) is 6.81. The summed E-state index contributed by atoms with van der Waals surface area (Å²) in [4.78, 5) is 8.13. The highest BCUT2D eigenvalue weighted by Gasteiger charge is 2.09. The summed E-state index contributed by atoms with van der Waals surface area (Å²) >= 11 is 5.85. The summed E-state index contributed by atoms with van der Waals surface area (Å²) in [5.74, 6) is 0.597. The van der Waals surface area contributed by atoms with Crippen molar-refractivity contribution in [1.82, 2.24) is 15.1 Å². The summed E-state index contributed by atoms with van der Waals surface area (Å²) in [7, 11) is 0. The SMILES string of the molecule is Oc1cccc2c(NCc3ccon3)nc(Cl)nc12. The van der Waals surface area contributed by atoms with Gasteiger partial charge in [-0.1, -0.05) is 11.2 Å². The molecule has 2 aromatic heterocycles. The highest BCUT2D eigenvalue weighted by Crippen LogP contribution is 2.28. The molecule has 6 nitrogen and oxygen atoms in total. The Bertz CT molecular complexity index is 715. The first kappa shape index (κ1) is 11.7. The summed E-state index contributed by atoms with van der Waals surface area (Å²) in [5.41, 5.74) is 1.15. The number of fused-ring (bicyclic) bond motifs is 1. The molecule has 0 amide bonds. The van der Waals surface area contributed by atoms with Crippen LogP contribution in [0.5, 0.6) is 5.75 Å². The number of rotatable bonds is 3. The molecule has 0 saturated heterocycles. The van der Waals surface area contributed by atoms with E-state index in [1.807, 2.05) is 0 Å². The summed E-state index contributed by atoms with van der Waals surface area (Å²) in [6.07, 6.45) is 1.49. The van der Waals surface area contributed by atoms with Crippen LogP contribution < -0.4 is 5.32 Å². The molecule has 0 unspecified atom stereocenters. The van der Waals surface area contributed by atoms with Gasteiger partial charge in [0.05, 0.1) is 6.54 Å². The van der Waals surface area contributed by atoms with E-state index in [1.165, 1.54) is 6.26 Å². The average molecular weight is 277 g/mol. The molecule has 0 atom stereocenters. The van der Waals surface area contributed by atoms with Crippen molar-refractivity contribution >= 4 is 28.3 Å². The Labute approximate surface area is 113 Å². The smallest absolute Gasteiger partial charge is 0.225 e. The normalized spacial score (nSPS) is 10.8. The Kier molecular flexibility index (Phi) is 2.92. The van der Waals surface area contributed by atoms with Crippen molar-refractivity contribution in [3.05, 3.63) is 41.5 Å². The molecular weight excluding hydrogens is 268 g/mol. The van der Waals surface area contributed by atoms with Gasteiger partial charge in [-0.05, 0) is 23.7 Å². The van der Waals surface area contributed by atoms with Gasteiger partial charge in [0.2, 0.25) is 5.28 Å². The monoisotopic (exact) mass is 276 g/mol. The zero-order valence-electron chi connectivity index (χ0n) is 9.67. The molecule has 2 heterocycles. The number of para-hydroxylation sites is 1. The summed E-state index contributed by atoms with van der Waals surface area (Å²) in [6.45, 7) is 0.439. The Hall–Kier alpha value is -2.34. The largest absolute Gasteiger partial charge is 0.506 e. The first-order valence-electron chi connectivity index (χ1n) is 5.52.